The molecule has 0 aliphatic carbocycles. The van der Waals surface area contributed by atoms with Gasteiger partial charge in [0.2, 0.25) is 5.88 Å². The molecule has 0 spiro atoms. The molecule has 0 radical (unpaired) electrons. The van der Waals surface area contributed by atoms with Crippen LogP contribution in [0, 0.1) is 0 Å². The van der Waals surface area contributed by atoms with Gasteiger partial charge in [-0.3, -0.25) is 0 Å². The molecule has 1 heterocycles. The summed E-state index contributed by atoms with van der Waals surface area (Å²) in [6, 6.07) is 14.3. The molecule has 0 aliphatic heterocycles. The second-order valence-electron chi connectivity index (χ2n) is 5.18. The Balaban J connectivity index is 0.00000288. The maximum absolute atomic E-state index is 5.06. The van der Waals surface area contributed by atoms with E-state index < -0.39 is 0 Å². The van der Waals surface area contributed by atoms with Crippen molar-refractivity contribution in [3.05, 3.63) is 59.8 Å². The van der Waals surface area contributed by atoms with Crippen molar-refractivity contribution in [2.75, 3.05) is 13.7 Å². The fourth-order valence-electron chi connectivity index (χ4n) is 2.15. The van der Waals surface area contributed by atoms with Crippen LogP contribution in [0.4, 0.5) is 0 Å². The predicted molar refractivity (Wildman–Crippen MR) is 109 cm³/mol. The van der Waals surface area contributed by atoms with Crippen LogP contribution in [-0.4, -0.2) is 24.6 Å². The highest BCUT2D eigenvalue weighted by atomic mass is 127. The molecule has 0 aliphatic rings. The zero-order valence-corrected chi connectivity index (χ0v) is 16.7. The highest BCUT2D eigenvalue weighted by Crippen LogP contribution is 2.11. The molecule has 24 heavy (non-hydrogen) atoms. The number of aromatic nitrogens is 1. The molecule has 0 saturated heterocycles. The fourth-order valence-corrected chi connectivity index (χ4v) is 2.15. The Kier molecular flexibility index (Phi) is 9.14. The normalized spacial score (nSPS) is 12.0. The molecular formula is C18H25IN4O. The molecule has 1 unspecified atom stereocenters. The molecule has 0 saturated carbocycles. The number of nitrogens with one attached hydrogen (secondary N) is 2. The highest BCUT2D eigenvalue weighted by molar-refractivity contribution is 14.0. The van der Waals surface area contributed by atoms with Crippen LogP contribution in [0.25, 0.3) is 0 Å². The number of halogens is 1. The summed E-state index contributed by atoms with van der Waals surface area (Å²) in [5.41, 5.74) is 2.26. The number of guanidine groups is 1. The molecule has 0 fully saturated rings. The van der Waals surface area contributed by atoms with Crippen molar-refractivity contribution in [3.63, 3.8) is 0 Å². The Morgan fingerprint density at radius 3 is 2.54 bits per heavy atom. The molecule has 0 amide bonds. The maximum atomic E-state index is 5.06. The number of rotatable bonds is 6. The van der Waals surface area contributed by atoms with E-state index in [1.807, 2.05) is 30.3 Å². The Bertz CT molecular complexity index is 617. The van der Waals surface area contributed by atoms with Crippen LogP contribution >= 0.6 is 24.0 Å². The van der Waals surface area contributed by atoms with Gasteiger partial charge in [-0.05, 0) is 25.0 Å². The number of nitrogens with zero attached hydrogens (tertiary/aromatic N) is 2. The van der Waals surface area contributed by atoms with Gasteiger partial charge < -0.3 is 15.4 Å². The molecule has 1 aromatic heterocycles. The van der Waals surface area contributed by atoms with Crippen molar-refractivity contribution in [1.29, 1.82) is 0 Å². The molecule has 2 N–H and O–H groups in total. The van der Waals surface area contributed by atoms with Gasteiger partial charge in [0.1, 0.15) is 0 Å². The number of ether oxygens (including phenoxy) is 1. The Hall–Kier alpha value is -1.83. The summed E-state index contributed by atoms with van der Waals surface area (Å²) >= 11 is 0. The van der Waals surface area contributed by atoms with Crippen LogP contribution in [0.2, 0.25) is 0 Å². The van der Waals surface area contributed by atoms with Gasteiger partial charge in [0, 0.05) is 18.8 Å². The van der Waals surface area contributed by atoms with Crippen LogP contribution in [0.1, 0.15) is 31.0 Å². The van der Waals surface area contributed by atoms with Crippen LogP contribution < -0.4 is 15.4 Å². The maximum Gasteiger partial charge on any atom is 0.212 e. The second-order valence-corrected chi connectivity index (χ2v) is 5.18. The van der Waals surface area contributed by atoms with E-state index in [0.717, 1.165) is 18.1 Å². The summed E-state index contributed by atoms with van der Waals surface area (Å²) in [4.78, 5) is 8.82. The molecule has 6 heteroatoms. The van der Waals surface area contributed by atoms with E-state index in [1.54, 1.807) is 13.3 Å². The Labute approximate surface area is 161 Å². The number of pyridine rings is 1. The standard InChI is InChI=1S/C18H24N4O.HI/c1-4-19-18(22-14(2)16-8-6-5-7-9-16)21-13-15-10-11-17(23-3)20-12-15;/h5-12,14H,4,13H2,1-3H3,(H2,19,21,22);1H. The lowest BCUT2D eigenvalue weighted by molar-refractivity contribution is 0.397. The summed E-state index contributed by atoms with van der Waals surface area (Å²) in [7, 11) is 1.61. The summed E-state index contributed by atoms with van der Waals surface area (Å²) in [6.07, 6.45) is 1.78. The number of hydrogen-bond donors (Lipinski definition) is 2. The lowest BCUT2D eigenvalue weighted by Crippen LogP contribution is -2.38. The topological polar surface area (TPSA) is 58.5 Å². The average Bonchev–Trinajstić information content (AvgIpc) is 2.61. The van der Waals surface area contributed by atoms with E-state index in [9.17, 15) is 0 Å². The molecule has 2 aromatic rings. The van der Waals surface area contributed by atoms with Crippen LogP contribution in [0.15, 0.2) is 53.7 Å². The lowest BCUT2D eigenvalue weighted by atomic mass is 10.1. The third-order valence-corrected chi connectivity index (χ3v) is 3.42. The first kappa shape index (κ1) is 20.2. The van der Waals surface area contributed by atoms with Crippen molar-refractivity contribution in [3.8, 4) is 5.88 Å². The van der Waals surface area contributed by atoms with Gasteiger partial charge in [0.15, 0.2) is 5.96 Å². The SMILES string of the molecule is CCNC(=NCc1ccc(OC)nc1)NC(C)c1ccccc1.I. The van der Waals surface area contributed by atoms with Crippen LogP contribution in [0.5, 0.6) is 5.88 Å². The number of aliphatic imine (C=N–C) groups is 1. The van der Waals surface area contributed by atoms with Gasteiger partial charge in [-0.15, -0.1) is 24.0 Å². The van der Waals surface area contributed by atoms with Crippen molar-refractivity contribution >= 4 is 29.9 Å². The van der Waals surface area contributed by atoms with Gasteiger partial charge in [0.05, 0.1) is 19.7 Å². The van der Waals surface area contributed by atoms with E-state index in [2.05, 4.69) is 46.6 Å². The van der Waals surface area contributed by atoms with Gasteiger partial charge in [-0.25, -0.2) is 9.98 Å². The van der Waals surface area contributed by atoms with E-state index in [4.69, 9.17) is 4.74 Å². The second kappa shape index (κ2) is 10.9. The molecule has 1 atom stereocenters. The van der Waals surface area contributed by atoms with Gasteiger partial charge in [-0.1, -0.05) is 36.4 Å². The monoisotopic (exact) mass is 440 g/mol. The summed E-state index contributed by atoms with van der Waals surface area (Å²) in [5, 5.41) is 6.69. The van der Waals surface area contributed by atoms with Crippen molar-refractivity contribution in [2.24, 2.45) is 4.99 Å². The first-order valence-corrected chi connectivity index (χ1v) is 7.81. The minimum absolute atomic E-state index is 0. The van der Waals surface area contributed by atoms with Gasteiger partial charge in [0.25, 0.3) is 0 Å². The Morgan fingerprint density at radius 1 is 1.21 bits per heavy atom. The summed E-state index contributed by atoms with van der Waals surface area (Å²) < 4.78 is 5.06. The minimum atomic E-state index is 0. The van der Waals surface area contributed by atoms with Crippen molar-refractivity contribution in [2.45, 2.75) is 26.4 Å². The first-order chi connectivity index (χ1) is 11.2. The van der Waals surface area contributed by atoms with Crippen LogP contribution in [-0.2, 0) is 6.54 Å². The summed E-state index contributed by atoms with van der Waals surface area (Å²) in [6.45, 7) is 5.55. The zero-order chi connectivity index (χ0) is 16.5. The minimum Gasteiger partial charge on any atom is -0.481 e. The largest absolute Gasteiger partial charge is 0.481 e. The molecular weight excluding hydrogens is 415 g/mol. The highest BCUT2D eigenvalue weighted by Gasteiger charge is 2.07. The van der Waals surface area contributed by atoms with Gasteiger partial charge >= 0.3 is 0 Å². The van der Waals surface area contributed by atoms with E-state index in [1.165, 1.54) is 5.56 Å². The molecule has 5 nitrogen and oxygen atoms in total. The van der Waals surface area contributed by atoms with Gasteiger partial charge in [-0.2, -0.15) is 0 Å². The first-order valence-electron chi connectivity index (χ1n) is 7.81. The predicted octanol–water partition coefficient (Wildman–Crippen LogP) is 3.52. The van der Waals surface area contributed by atoms with Crippen molar-refractivity contribution in [1.82, 2.24) is 15.6 Å². The molecule has 0 bridgehead atoms. The number of methoxy groups -OCH3 is 1. The Morgan fingerprint density at radius 2 is 1.96 bits per heavy atom. The molecule has 130 valence electrons. The smallest absolute Gasteiger partial charge is 0.212 e. The van der Waals surface area contributed by atoms with E-state index in [0.29, 0.717) is 12.4 Å². The number of benzene rings is 1. The van der Waals surface area contributed by atoms with Crippen LogP contribution in [0.3, 0.4) is 0 Å². The lowest BCUT2D eigenvalue weighted by Gasteiger charge is -2.18. The van der Waals surface area contributed by atoms with Crippen molar-refractivity contribution < 1.29 is 4.74 Å². The average molecular weight is 440 g/mol. The van der Waals surface area contributed by atoms with E-state index >= 15 is 0 Å². The number of hydrogen-bond acceptors (Lipinski definition) is 3. The summed E-state index contributed by atoms with van der Waals surface area (Å²) in [5.74, 6) is 1.40. The quantitative estimate of drug-likeness (QED) is 0.410. The molecule has 1 aromatic carbocycles. The molecule has 2 rings (SSSR count). The zero-order valence-electron chi connectivity index (χ0n) is 14.3. The van der Waals surface area contributed by atoms with E-state index in [-0.39, 0.29) is 30.0 Å². The third kappa shape index (κ3) is 6.35. The third-order valence-electron chi connectivity index (χ3n) is 3.42. The fraction of sp³-hybridized carbons (Fsp3) is 0.333.